The Morgan fingerprint density at radius 2 is 2.25 bits per heavy atom. The molecule has 16 heavy (non-hydrogen) atoms. The summed E-state index contributed by atoms with van der Waals surface area (Å²) in [6, 6.07) is 4.79. The second kappa shape index (κ2) is 5.02. The van der Waals surface area contributed by atoms with E-state index in [0.29, 0.717) is 17.2 Å². The fourth-order valence-electron chi connectivity index (χ4n) is 1.88. The molecule has 0 atom stereocenters. The SMILES string of the molecule is CCOC1CC(Nc2ccc(F)cc2Cl)C1. The Kier molecular flexibility index (Phi) is 3.66. The van der Waals surface area contributed by atoms with E-state index in [9.17, 15) is 4.39 Å². The Bertz CT molecular complexity index is 366. The molecule has 1 saturated carbocycles. The minimum Gasteiger partial charge on any atom is -0.381 e. The first-order valence-electron chi connectivity index (χ1n) is 5.52. The van der Waals surface area contributed by atoms with Gasteiger partial charge in [-0.25, -0.2) is 4.39 Å². The highest BCUT2D eigenvalue weighted by Crippen LogP contribution is 2.30. The molecular formula is C12H15ClFNO. The normalized spacial score (nSPS) is 23.9. The molecule has 0 amide bonds. The van der Waals surface area contributed by atoms with Crippen LogP contribution in [-0.2, 0) is 4.74 Å². The van der Waals surface area contributed by atoms with E-state index in [1.54, 1.807) is 6.07 Å². The molecule has 4 heteroatoms. The zero-order valence-electron chi connectivity index (χ0n) is 9.17. The number of rotatable bonds is 4. The van der Waals surface area contributed by atoms with Gasteiger partial charge in [-0.15, -0.1) is 0 Å². The smallest absolute Gasteiger partial charge is 0.124 e. The van der Waals surface area contributed by atoms with Crippen molar-refractivity contribution in [2.45, 2.75) is 31.9 Å². The maximum atomic E-state index is 12.8. The zero-order chi connectivity index (χ0) is 11.5. The van der Waals surface area contributed by atoms with Crippen LogP contribution >= 0.6 is 11.6 Å². The van der Waals surface area contributed by atoms with Gasteiger partial charge in [0.25, 0.3) is 0 Å². The van der Waals surface area contributed by atoms with Crippen molar-refractivity contribution in [1.29, 1.82) is 0 Å². The van der Waals surface area contributed by atoms with E-state index in [1.165, 1.54) is 12.1 Å². The third kappa shape index (κ3) is 2.66. The predicted molar refractivity (Wildman–Crippen MR) is 63.5 cm³/mol. The third-order valence-electron chi connectivity index (χ3n) is 2.79. The highest BCUT2D eigenvalue weighted by Gasteiger charge is 2.29. The van der Waals surface area contributed by atoms with Crippen LogP contribution in [-0.4, -0.2) is 18.8 Å². The molecule has 0 aliphatic heterocycles. The molecular weight excluding hydrogens is 229 g/mol. The van der Waals surface area contributed by atoms with E-state index in [0.717, 1.165) is 25.1 Å². The number of hydrogen-bond donors (Lipinski definition) is 1. The third-order valence-corrected chi connectivity index (χ3v) is 3.10. The second-order valence-corrected chi connectivity index (χ2v) is 4.42. The van der Waals surface area contributed by atoms with Crippen LogP contribution in [0.3, 0.4) is 0 Å². The Morgan fingerprint density at radius 3 is 2.88 bits per heavy atom. The van der Waals surface area contributed by atoms with Crippen molar-refractivity contribution in [3.8, 4) is 0 Å². The van der Waals surface area contributed by atoms with Crippen molar-refractivity contribution in [3.05, 3.63) is 29.0 Å². The van der Waals surface area contributed by atoms with Crippen LogP contribution in [0.4, 0.5) is 10.1 Å². The monoisotopic (exact) mass is 243 g/mol. The van der Waals surface area contributed by atoms with Crippen molar-refractivity contribution < 1.29 is 9.13 Å². The Morgan fingerprint density at radius 1 is 1.50 bits per heavy atom. The molecule has 1 aromatic rings. The summed E-state index contributed by atoms with van der Waals surface area (Å²) in [5.74, 6) is -0.309. The van der Waals surface area contributed by atoms with Crippen molar-refractivity contribution in [2.75, 3.05) is 11.9 Å². The lowest BCUT2D eigenvalue weighted by Gasteiger charge is -2.36. The molecule has 0 bridgehead atoms. The molecule has 88 valence electrons. The first kappa shape index (κ1) is 11.7. The first-order chi connectivity index (χ1) is 7.69. The van der Waals surface area contributed by atoms with Crippen LogP contribution in [0.5, 0.6) is 0 Å². The lowest BCUT2D eigenvalue weighted by atomic mass is 9.89. The number of nitrogens with one attached hydrogen (secondary N) is 1. The lowest BCUT2D eigenvalue weighted by Crippen LogP contribution is -2.40. The van der Waals surface area contributed by atoms with Gasteiger partial charge in [0.15, 0.2) is 0 Å². The van der Waals surface area contributed by atoms with Crippen LogP contribution in [0.2, 0.25) is 5.02 Å². The van der Waals surface area contributed by atoms with E-state index in [2.05, 4.69) is 5.32 Å². The van der Waals surface area contributed by atoms with Crippen molar-refractivity contribution >= 4 is 17.3 Å². The van der Waals surface area contributed by atoms with Crippen LogP contribution in [0.15, 0.2) is 18.2 Å². The number of anilines is 1. The summed E-state index contributed by atoms with van der Waals surface area (Å²) in [6.45, 7) is 2.76. The fraction of sp³-hybridized carbons (Fsp3) is 0.500. The largest absolute Gasteiger partial charge is 0.381 e. The van der Waals surface area contributed by atoms with Crippen molar-refractivity contribution in [2.24, 2.45) is 0 Å². The van der Waals surface area contributed by atoms with Gasteiger partial charge in [0, 0.05) is 12.6 Å². The summed E-state index contributed by atoms with van der Waals surface area (Å²) in [7, 11) is 0. The molecule has 0 radical (unpaired) electrons. The Hall–Kier alpha value is -0.800. The van der Waals surface area contributed by atoms with Gasteiger partial charge in [-0.05, 0) is 38.0 Å². The van der Waals surface area contributed by atoms with E-state index < -0.39 is 0 Å². The van der Waals surface area contributed by atoms with Crippen molar-refractivity contribution in [3.63, 3.8) is 0 Å². The summed E-state index contributed by atoms with van der Waals surface area (Å²) in [6.07, 6.45) is 2.34. The van der Waals surface area contributed by atoms with Gasteiger partial charge in [0.2, 0.25) is 0 Å². The summed E-state index contributed by atoms with van der Waals surface area (Å²) in [5, 5.41) is 3.71. The van der Waals surface area contributed by atoms with E-state index in [1.807, 2.05) is 6.92 Å². The molecule has 1 aliphatic carbocycles. The van der Waals surface area contributed by atoms with Gasteiger partial charge in [0.05, 0.1) is 16.8 Å². The second-order valence-electron chi connectivity index (χ2n) is 4.01. The highest BCUT2D eigenvalue weighted by atomic mass is 35.5. The van der Waals surface area contributed by atoms with E-state index in [-0.39, 0.29) is 5.82 Å². The molecule has 1 N–H and O–H groups in total. The number of hydrogen-bond acceptors (Lipinski definition) is 2. The molecule has 0 aromatic heterocycles. The topological polar surface area (TPSA) is 21.3 Å². The molecule has 0 spiro atoms. The Balaban J connectivity index is 1.87. The average Bonchev–Trinajstić information content (AvgIpc) is 2.18. The summed E-state index contributed by atoms with van der Waals surface area (Å²) in [5.41, 5.74) is 0.794. The quantitative estimate of drug-likeness (QED) is 0.875. The van der Waals surface area contributed by atoms with Crippen LogP contribution < -0.4 is 5.32 Å². The number of ether oxygens (including phenoxy) is 1. The average molecular weight is 244 g/mol. The fourth-order valence-corrected chi connectivity index (χ4v) is 2.10. The minimum absolute atomic E-state index is 0.309. The standard InChI is InChI=1S/C12H15ClFNO/c1-2-16-10-6-9(7-10)15-12-4-3-8(14)5-11(12)13/h3-5,9-10,15H,2,6-7H2,1H3. The predicted octanol–water partition coefficient (Wildman–Crippen LogP) is 3.46. The lowest BCUT2D eigenvalue weighted by molar-refractivity contribution is 0.00299. The minimum atomic E-state index is -0.309. The van der Waals surface area contributed by atoms with E-state index in [4.69, 9.17) is 16.3 Å². The maximum absolute atomic E-state index is 12.8. The molecule has 1 fully saturated rings. The molecule has 2 nitrogen and oxygen atoms in total. The summed E-state index contributed by atoms with van der Waals surface area (Å²) < 4.78 is 18.3. The molecule has 1 aliphatic rings. The molecule has 0 saturated heterocycles. The highest BCUT2D eigenvalue weighted by molar-refractivity contribution is 6.33. The van der Waals surface area contributed by atoms with Crippen LogP contribution in [0, 0.1) is 5.82 Å². The van der Waals surface area contributed by atoms with Gasteiger partial charge < -0.3 is 10.1 Å². The molecule has 0 unspecified atom stereocenters. The van der Waals surface area contributed by atoms with Crippen LogP contribution in [0.25, 0.3) is 0 Å². The maximum Gasteiger partial charge on any atom is 0.124 e. The van der Waals surface area contributed by atoms with Gasteiger partial charge in [0.1, 0.15) is 5.82 Å². The zero-order valence-corrected chi connectivity index (χ0v) is 9.93. The van der Waals surface area contributed by atoms with E-state index >= 15 is 0 Å². The summed E-state index contributed by atoms with van der Waals surface area (Å²) in [4.78, 5) is 0. The molecule has 2 rings (SSSR count). The van der Waals surface area contributed by atoms with Gasteiger partial charge in [-0.1, -0.05) is 11.6 Å². The van der Waals surface area contributed by atoms with Gasteiger partial charge in [-0.3, -0.25) is 0 Å². The number of benzene rings is 1. The van der Waals surface area contributed by atoms with Gasteiger partial charge in [-0.2, -0.15) is 0 Å². The molecule has 0 heterocycles. The molecule has 1 aromatic carbocycles. The summed E-state index contributed by atoms with van der Waals surface area (Å²) >= 11 is 5.92. The van der Waals surface area contributed by atoms with Crippen LogP contribution in [0.1, 0.15) is 19.8 Å². The van der Waals surface area contributed by atoms with Crippen molar-refractivity contribution in [1.82, 2.24) is 0 Å². The van der Waals surface area contributed by atoms with Gasteiger partial charge >= 0.3 is 0 Å². The first-order valence-corrected chi connectivity index (χ1v) is 5.90. The Labute approximate surface area is 99.7 Å². The number of halogens is 2.